The van der Waals surface area contributed by atoms with Gasteiger partial charge < -0.3 is 15.1 Å². The van der Waals surface area contributed by atoms with Crippen molar-refractivity contribution in [3.8, 4) is 0 Å². The molecule has 100 valence electrons. The smallest absolute Gasteiger partial charge is 0.289 e. The summed E-state index contributed by atoms with van der Waals surface area (Å²) in [7, 11) is 0. The van der Waals surface area contributed by atoms with E-state index in [4.69, 9.17) is 10.2 Å². The number of nitrogens with zero attached hydrogens (tertiary/aromatic N) is 1. The first-order valence-corrected chi connectivity index (χ1v) is 6.68. The summed E-state index contributed by atoms with van der Waals surface area (Å²) in [5.41, 5.74) is 7.76. The highest BCUT2D eigenvalue weighted by Gasteiger charge is 2.24. The molecule has 2 N–H and O–H groups in total. The average molecular weight is 258 g/mol. The molecule has 1 aliphatic heterocycles. The molecule has 1 aromatic heterocycles. The summed E-state index contributed by atoms with van der Waals surface area (Å²) in [4.78, 5) is 14.2. The Labute approximate surface area is 112 Å². The van der Waals surface area contributed by atoms with Gasteiger partial charge in [-0.25, -0.2) is 0 Å². The van der Waals surface area contributed by atoms with Gasteiger partial charge in [0.2, 0.25) is 0 Å². The van der Waals surface area contributed by atoms with E-state index in [9.17, 15) is 4.79 Å². The van der Waals surface area contributed by atoms with Gasteiger partial charge in [0.05, 0.1) is 0 Å². The van der Waals surface area contributed by atoms with E-state index >= 15 is 0 Å². The second kappa shape index (κ2) is 4.70. The lowest BCUT2D eigenvalue weighted by molar-refractivity contribution is 0.0685. The number of fused-ring (bicyclic) bond motifs is 1. The molecule has 2 aromatic rings. The van der Waals surface area contributed by atoms with Crippen LogP contribution in [-0.2, 0) is 0 Å². The first kappa shape index (κ1) is 12.2. The molecule has 1 aliphatic rings. The lowest BCUT2D eigenvalue weighted by Crippen LogP contribution is -2.42. The Bertz CT molecular complexity index is 610. The third-order valence-corrected chi connectivity index (χ3v) is 3.71. The van der Waals surface area contributed by atoms with Crippen molar-refractivity contribution >= 4 is 16.9 Å². The summed E-state index contributed by atoms with van der Waals surface area (Å²) in [6.07, 6.45) is 1.73. The number of furan rings is 1. The molecule has 0 saturated carbocycles. The second-order valence-corrected chi connectivity index (χ2v) is 5.28. The predicted molar refractivity (Wildman–Crippen MR) is 74.1 cm³/mol. The number of carbonyl (C=O) groups excluding carboxylic acids is 1. The van der Waals surface area contributed by atoms with E-state index in [0.29, 0.717) is 5.76 Å². The van der Waals surface area contributed by atoms with Gasteiger partial charge in [0.1, 0.15) is 5.58 Å². The second-order valence-electron chi connectivity index (χ2n) is 5.28. The third kappa shape index (κ3) is 2.36. The largest absolute Gasteiger partial charge is 0.451 e. The molecular weight excluding hydrogens is 240 g/mol. The van der Waals surface area contributed by atoms with Crippen molar-refractivity contribution < 1.29 is 9.21 Å². The van der Waals surface area contributed by atoms with Crippen LogP contribution in [0.2, 0.25) is 0 Å². The third-order valence-electron chi connectivity index (χ3n) is 3.71. The maximum Gasteiger partial charge on any atom is 0.289 e. The molecule has 1 saturated heterocycles. The first-order valence-electron chi connectivity index (χ1n) is 6.68. The normalized spacial score (nSPS) is 17.1. The van der Waals surface area contributed by atoms with Crippen LogP contribution in [0.1, 0.15) is 29.0 Å². The zero-order valence-electron chi connectivity index (χ0n) is 11.1. The molecule has 19 heavy (non-hydrogen) atoms. The number of carbonyl (C=O) groups is 1. The van der Waals surface area contributed by atoms with Crippen LogP contribution in [0.3, 0.4) is 0 Å². The lowest BCUT2D eigenvalue weighted by Gasteiger charge is -2.29. The van der Waals surface area contributed by atoms with Crippen molar-refractivity contribution in [1.82, 2.24) is 4.90 Å². The molecular formula is C15H18N2O2. The van der Waals surface area contributed by atoms with Gasteiger partial charge in [-0.2, -0.15) is 0 Å². The van der Waals surface area contributed by atoms with E-state index in [1.165, 1.54) is 0 Å². The van der Waals surface area contributed by atoms with Gasteiger partial charge in [0.15, 0.2) is 5.76 Å². The molecule has 4 heteroatoms. The van der Waals surface area contributed by atoms with Crippen LogP contribution in [0.5, 0.6) is 0 Å². The van der Waals surface area contributed by atoms with Crippen molar-refractivity contribution in [2.75, 3.05) is 13.1 Å². The molecule has 0 atom stereocenters. The summed E-state index contributed by atoms with van der Waals surface area (Å²) in [6, 6.07) is 8.01. The maximum atomic E-state index is 12.4. The van der Waals surface area contributed by atoms with E-state index in [0.717, 1.165) is 42.5 Å². The summed E-state index contributed by atoms with van der Waals surface area (Å²) >= 11 is 0. The topological polar surface area (TPSA) is 59.5 Å². The zero-order valence-corrected chi connectivity index (χ0v) is 11.1. The molecule has 1 amide bonds. The molecule has 0 aliphatic carbocycles. The molecule has 2 heterocycles. The van der Waals surface area contributed by atoms with Gasteiger partial charge >= 0.3 is 0 Å². The minimum absolute atomic E-state index is 0.0271. The van der Waals surface area contributed by atoms with E-state index in [-0.39, 0.29) is 11.9 Å². The standard InChI is InChI=1S/C15H18N2O2/c1-10-2-3-11-9-14(19-13(11)8-10)15(18)17-6-4-12(16)5-7-17/h2-3,8-9,12H,4-7,16H2,1H3. The maximum absolute atomic E-state index is 12.4. The quantitative estimate of drug-likeness (QED) is 0.853. The number of rotatable bonds is 1. The highest BCUT2D eigenvalue weighted by molar-refractivity contribution is 5.96. The van der Waals surface area contributed by atoms with Crippen LogP contribution < -0.4 is 5.73 Å². The van der Waals surface area contributed by atoms with Gasteiger partial charge in [0.25, 0.3) is 5.91 Å². The number of hydrogen-bond acceptors (Lipinski definition) is 3. The minimum atomic E-state index is -0.0271. The van der Waals surface area contributed by atoms with Crippen molar-refractivity contribution in [2.45, 2.75) is 25.8 Å². The molecule has 0 radical (unpaired) electrons. The Balaban J connectivity index is 1.85. The van der Waals surface area contributed by atoms with Crippen LogP contribution >= 0.6 is 0 Å². The monoisotopic (exact) mass is 258 g/mol. The number of benzene rings is 1. The van der Waals surface area contributed by atoms with E-state index in [2.05, 4.69) is 0 Å². The Kier molecular flexibility index (Phi) is 3.03. The van der Waals surface area contributed by atoms with Crippen LogP contribution in [-0.4, -0.2) is 29.9 Å². The van der Waals surface area contributed by atoms with Crippen molar-refractivity contribution in [3.05, 3.63) is 35.6 Å². The van der Waals surface area contributed by atoms with Gasteiger partial charge in [-0.05, 0) is 37.5 Å². The lowest BCUT2D eigenvalue weighted by atomic mass is 10.1. The Hall–Kier alpha value is -1.81. The fraction of sp³-hybridized carbons (Fsp3) is 0.400. The highest BCUT2D eigenvalue weighted by Crippen LogP contribution is 2.22. The summed E-state index contributed by atoms with van der Waals surface area (Å²) in [6.45, 7) is 3.45. The van der Waals surface area contributed by atoms with Gasteiger partial charge in [0, 0.05) is 24.5 Å². The number of aryl methyl sites for hydroxylation is 1. The Morgan fingerprint density at radius 2 is 2.05 bits per heavy atom. The van der Waals surface area contributed by atoms with E-state index < -0.39 is 0 Å². The fourth-order valence-corrected chi connectivity index (χ4v) is 2.50. The molecule has 3 rings (SSSR count). The van der Waals surface area contributed by atoms with Crippen LogP contribution in [0, 0.1) is 6.92 Å². The highest BCUT2D eigenvalue weighted by atomic mass is 16.3. The van der Waals surface area contributed by atoms with E-state index in [1.807, 2.05) is 36.1 Å². The molecule has 0 bridgehead atoms. The molecule has 0 unspecified atom stereocenters. The van der Waals surface area contributed by atoms with E-state index in [1.54, 1.807) is 0 Å². The fourth-order valence-electron chi connectivity index (χ4n) is 2.50. The minimum Gasteiger partial charge on any atom is -0.451 e. The number of likely N-dealkylation sites (tertiary alicyclic amines) is 1. The van der Waals surface area contributed by atoms with Crippen molar-refractivity contribution in [3.63, 3.8) is 0 Å². The number of amides is 1. The van der Waals surface area contributed by atoms with Crippen LogP contribution in [0.15, 0.2) is 28.7 Å². The molecule has 0 spiro atoms. The summed E-state index contributed by atoms with van der Waals surface area (Å²) < 4.78 is 5.67. The van der Waals surface area contributed by atoms with Gasteiger partial charge in [-0.3, -0.25) is 4.79 Å². The Morgan fingerprint density at radius 1 is 1.32 bits per heavy atom. The molecule has 4 nitrogen and oxygen atoms in total. The Morgan fingerprint density at radius 3 is 2.79 bits per heavy atom. The predicted octanol–water partition coefficient (Wildman–Crippen LogP) is 2.30. The number of nitrogens with two attached hydrogens (primary N) is 1. The molecule has 1 fully saturated rings. The van der Waals surface area contributed by atoms with Crippen molar-refractivity contribution in [1.29, 1.82) is 0 Å². The van der Waals surface area contributed by atoms with Gasteiger partial charge in [-0.1, -0.05) is 12.1 Å². The SMILES string of the molecule is Cc1ccc2cc(C(=O)N3CCC(N)CC3)oc2c1. The average Bonchev–Trinajstić information content (AvgIpc) is 2.81. The van der Waals surface area contributed by atoms with Crippen LogP contribution in [0.25, 0.3) is 11.0 Å². The molecule has 1 aromatic carbocycles. The number of hydrogen-bond donors (Lipinski definition) is 1. The van der Waals surface area contributed by atoms with Crippen LogP contribution in [0.4, 0.5) is 0 Å². The van der Waals surface area contributed by atoms with Crippen molar-refractivity contribution in [2.24, 2.45) is 5.73 Å². The summed E-state index contributed by atoms with van der Waals surface area (Å²) in [5.74, 6) is 0.400. The first-order chi connectivity index (χ1) is 9.13. The number of piperidine rings is 1. The zero-order chi connectivity index (χ0) is 13.4. The summed E-state index contributed by atoms with van der Waals surface area (Å²) in [5, 5.41) is 0.975. The van der Waals surface area contributed by atoms with Gasteiger partial charge in [-0.15, -0.1) is 0 Å².